The number of amides is 10. The summed E-state index contributed by atoms with van der Waals surface area (Å²) in [6.07, 6.45) is 1.44. The maximum Gasteiger partial charge on any atom is 0.303 e. The quantitative estimate of drug-likeness (QED) is 0.0349. The number of nitrogens with one attached hydrogen (secondary N) is 6. The van der Waals surface area contributed by atoms with Crippen molar-refractivity contribution in [1.82, 2.24) is 46.3 Å². The number of primary amides is 1. The zero-order valence-corrected chi connectivity index (χ0v) is 41.9. The third-order valence-electron chi connectivity index (χ3n) is 11.6. The minimum absolute atomic E-state index is 0.0718. The number of hydrogen-bond donors (Lipinski definition) is 9. The second kappa shape index (κ2) is 27.1. The van der Waals surface area contributed by atoms with E-state index in [4.69, 9.17) is 10.8 Å². The number of hydrogen-bond acceptors (Lipinski definition) is 12. The molecule has 2 aromatic carbocycles. The van der Waals surface area contributed by atoms with Crippen molar-refractivity contribution in [3.05, 3.63) is 95.8 Å². The number of aliphatic carboxylic acids is 1. The van der Waals surface area contributed by atoms with Gasteiger partial charge in [0, 0.05) is 67.8 Å². The smallest absolute Gasteiger partial charge is 0.303 e. The van der Waals surface area contributed by atoms with Crippen molar-refractivity contribution in [2.45, 2.75) is 97.1 Å². The molecule has 0 fully saturated rings. The Balaban J connectivity index is 1.61. The van der Waals surface area contributed by atoms with Gasteiger partial charge in [-0.1, -0.05) is 51.1 Å². The summed E-state index contributed by atoms with van der Waals surface area (Å²) in [6, 6.07) is 6.81. The molecule has 5 atom stereocenters. The Bertz CT molecular complexity index is 2650. The Hall–Kier alpha value is -8.35. The van der Waals surface area contributed by atoms with Crippen LogP contribution in [-0.4, -0.2) is 147 Å². The number of aliphatic hydroxyl groups excluding tert-OH is 1. The van der Waals surface area contributed by atoms with E-state index in [1.165, 1.54) is 18.7 Å². The van der Waals surface area contributed by atoms with Gasteiger partial charge in [-0.2, -0.15) is 0 Å². The summed E-state index contributed by atoms with van der Waals surface area (Å²) in [5.41, 5.74) is 6.08. The lowest BCUT2D eigenvalue weighted by Crippen LogP contribution is -2.56. The molecular formula is C50H62F2N10O13. The summed E-state index contributed by atoms with van der Waals surface area (Å²) in [4.78, 5) is 141. The molecule has 0 bridgehead atoms. The minimum atomic E-state index is -1.74. The number of rotatable bonds is 27. The fourth-order valence-electron chi connectivity index (χ4n) is 7.90. The van der Waals surface area contributed by atoms with Crippen LogP contribution in [0.5, 0.6) is 0 Å². The molecule has 10 amide bonds. The zero-order chi connectivity index (χ0) is 55.7. The van der Waals surface area contributed by atoms with Crippen LogP contribution in [0, 0.1) is 17.0 Å². The van der Waals surface area contributed by atoms with Crippen molar-refractivity contribution in [2.24, 2.45) is 11.1 Å². The topological polar surface area (TPSA) is 338 Å². The van der Waals surface area contributed by atoms with Crippen LogP contribution < -0.4 is 37.6 Å². The SMILES string of the molecule is C[C@H](NC(=O)CCC(=O)O)C(=O)N[C@@H](C)C(=O)N[C@@H](CC(=O)N[C@@H](CCN(C(=O)CO)[C@@H](c1cc(-c2cc(F)ccc2F)cn1Cc1ccccc1)C(C)(C)C)C(=O)NCCNC(=O)CN1C(=O)C=CC1=O)C(N)=O. The largest absolute Gasteiger partial charge is 0.481 e. The summed E-state index contributed by atoms with van der Waals surface area (Å²) in [5.74, 6) is -11.3. The molecule has 0 radical (unpaired) electrons. The van der Waals surface area contributed by atoms with E-state index in [0.29, 0.717) is 10.6 Å². The summed E-state index contributed by atoms with van der Waals surface area (Å²) < 4.78 is 31.7. The van der Waals surface area contributed by atoms with Crippen LogP contribution in [0.15, 0.2) is 72.9 Å². The molecule has 2 heterocycles. The van der Waals surface area contributed by atoms with Gasteiger partial charge in [0.15, 0.2) is 0 Å². The van der Waals surface area contributed by atoms with Crippen LogP contribution in [0.2, 0.25) is 0 Å². The normalized spacial score (nSPS) is 14.2. The lowest BCUT2D eigenvalue weighted by Gasteiger charge is -2.41. The number of carbonyl (C=O) groups is 11. The molecule has 1 aliphatic heterocycles. The van der Waals surface area contributed by atoms with Crippen molar-refractivity contribution in [3.63, 3.8) is 0 Å². The second-order valence-electron chi connectivity index (χ2n) is 18.6. The highest BCUT2D eigenvalue weighted by Gasteiger charge is 2.38. The predicted octanol–water partition coefficient (Wildman–Crippen LogP) is -0.344. The van der Waals surface area contributed by atoms with Gasteiger partial charge in [-0.15, -0.1) is 0 Å². The van der Waals surface area contributed by atoms with Crippen molar-refractivity contribution in [2.75, 3.05) is 32.8 Å². The maximum absolute atomic E-state index is 15.3. The van der Waals surface area contributed by atoms with Gasteiger partial charge < -0.3 is 57.3 Å². The maximum atomic E-state index is 15.3. The van der Waals surface area contributed by atoms with E-state index in [2.05, 4.69) is 31.9 Å². The standard InChI is InChI=1S/C50H62F2N10O13/c1-28(56-38(64)13-16-44(70)71)47(73)57-29(2)48(74)59-36(46(53)72)23-39(65)58-35(49(75)55-19-18-54-40(66)26-62-41(67)14-15-42(62)68)17-20-61(43(69)27-63)45(50(3,4)5)37-21-31(33-22-32(51)11-12-34(33)52)25-60(37)24-30-9-7-6-8-10-30/h6-12,14-15,21-22,25,28-29,35-36,45,63H,13,16-20,23-24,26-27H2,1-5H3,(H2,53,72)(H,54,66)(H,55,75)(H,56,64)(H,57,73)(H,58,65)(H,59,74)(H,70,71)/t28-,29-,35-,36-,45-/m0/s1. The first-order chi connectivity index (χ1) is 35.3. The molecule has 3 aromatic rings. The van der Waals surface area contributed by atoms with E-state index in [9.17, 15) is 62.2 Å². The summed E-state index contributed by atoms with van der Waals surface area (Å²) in [6.45, 7) is 5.55. The van der Waals surface area contributed by atoms with E-state index >= 15 is 4.39 Å². The second-order valence-corrected chi connectivity index (χ2v) is 18.6. The molecule has 4 rings (SSSR count). The van der Waals surface area contributed by atoms with Crippen LogP contribution in [0.4, 0.5) is 8.78 Å². The lowest BCUT2D eigenvalue weighted by atomic mass is 9.82. The van der Waals surface area contributed by atoms with E-state index < -0.39 is 145 Å². The van der Waals surface area contributed by atoms with Crippen LogP contribution in [0.3, 0.4) is 0 Å². The molecule has 75 heavy (non-hydrogen) atoms. The average molecular weight is 1050 g/mol. The molecule has 0 saturated heterocycles. The number of halogens is 2. The Morgan fingerprint density at radius 3 is 1.99 bits per heavy atom. The fourth-order valence-corrected chi connectivity index (χ4v) is 7.90. The van der Waals surface area contributed by atoms with Crippen LogP contribution in [0.25, 0.3) is 11.1 Å². The summed E-state index contributed by atoms with van der Waals surface area (Å²) in [7, 11) is 0. The summed E-state index contributed by atoms with van der Waals surface area (Å²) >= 11 is 0. The van der Waals surface area contributed by atoms with Crippen molar-refractivity contribution in [3.8, 4) is 11.1 Å². The van der Waals surface area contributed by atoms with Gasteiger partial charge in [0.05, 0.1) is 18.9 Å². The number of imide groups is 1. The third-order valence-corrected chi connectivity index (χ3v) is 11.6. The van der Waals surface area contributed by atoms with E-state index in [1.54, 1.807) is 49.7 Å². The first-order valence-corrected chi connectivity index (χ1v) is 23.7. The predicted molar refractivity (Wildman–Crippen MR) is 263 cm³/mol. The van der Waals surface area contributed by atoms with Crippen LogP contribution in [0.1, 0.15) is 77.6 Å². The monoisotopic (exact) mass is 1050 g/mol. The van der Waals surface area contributed by atoms with Gasteiger partial charge in [-0.3, -0.25) is 57.6 Å². The van der Waals surface area contributed by atoms with Crippen molar-refractivity contribution < 1.29 is 71.7 Å². The average Bonchev–Trinajstić information content (AvgIpc) is 3.89. The molecule has 0 saturated carbocycles. The van der Waals surface area contributed by atoms with E-state index in [-0.39, 0.29) is 43.7 Å². The van der Waals surface area contributed by atoms with E-state index in [1.807, 2.05) is 18.2 Å². The van der Waals surface area contributed by atoms with Crippen molar-refractivity contribution >= 4 is 65.0 Å². The Morgan fingerprint density at radius 2 is 1.37 bits per heavy atom. The number of carboxylic acid groups (broad SMARTS) is 1. The van der Waals surface area contributed by atoms with Gasteiger partial charge in [0.25, 0.3) is 11.8 Å². The molecule has 404 valence electrons. The Kier molecular flexibility index (Phi) is 21.4. The van der Waals surface area contributed by atoms with Gasteiger partial charge in [-0.25, -0.2) is 8.78 Å². The fraction of sp³-hybridized carbons (Fsp3) is 0.420. The molecule has 1 aliphatic rings. The number of nitrogens with zero attached hydrogens (tertiary/aromatic N) is 3. The molecule has 0 spiro atoms. The molecule has 0 unspecified atom stereocenters. The summed E-state index contributed by atoms with van der Waals surface area (Å²) in [5, 5.41) is 33.6. The van der Waals surface area contributed by atoms with Gasteiger partial charge in [-0.05, 0) is 55.5 Å². The number of aliphatic hydroxyl groups is 1. The highest BCUT2D eigenvalue weighted by molar-refractivity contribution is 6.14. The Labute approximate surface area is 430 Å². The van der Waals surface area contributed by atoms with Crippen LogP contribution in [-0.2, 0) is 59.3 Å². The van der Waals surface area contributed by atoms with Crippen LogP contribution >= 0.6 is 0 Å². The number of carboxylic acids is 1. The highest BCUT2D eigenvalue weighted by atomic mass is 19.1. The van der Waals surface area contributed by atoms with Gasteiger partial charge in [0.1, 0.15) is 49.0 Å². The number of aromatic nitrogens is 1. The van der Waals surface area contributed by atoms with Gasteiger partial charge >= 0.3 is 5.97 Å². The number of nitrogens with two attached hydrogens (primary N) is 1. The first-order valence-electron chi connectivity index (χ1n) is 23.7. The molecule has 10 N–H and O–H groups in total. The molecule has 0 aliphatic carbocycles. The minimum Gasteiger partial charge on any atom is -0.481 e. The van der Waals surface area contributed by atoms with Gasteiger partial charge in [0.2, 0.25) is 47.3 Å². The Morgan fingerprint density at radius 1 is 0.747 bits per heavy atom. The third kappa shape index (κ3) is 17.7. The van der Waals surface area contributed by atoms with Crippen molar-refractivity contribution in [1.29, 1.82) is 0 Å². The zero-order valence-electron chi connectivity index (χ0n) is 41.9. The first kappa shape index (κ1) is 59.2. The lowest BCUT2D eigenvalue weighted by molar-refractivity contribution is -0.141. The molecule has 1 aromatic heterocycles. The molecule has 23 nitrogen and oxygen atoms in total. The molecule has 25 heteroatoms. The highest BCUT2D eigenvalue weighted by Crippen LogP contribution is 2.41. The van der Waals surface area contributed by atoms with E-state index in [0.717, 1.165) is 35.9 Å². The number of carbonyl (C=O) groups excluding carboxylic acids is 10. The number of benzene rings is 2. The molecular weight excluding hydrogens is 987 g/mol.